The number of carbonyl (C=O) groups excluding carboxylic acids is 10. The Bertz CT molecular complexity index is 3780. The molecule has 0 aliphatic carbocycles. The number of nitrogens with one attached hydrogen (secondary N) is 5. The molecule has 2 aliphatic rings. The monoisotopic (exact) mass is 1610 g/mol. The lowest BCUT2D eigenvalue weighted by Gasteiger charge is -2.33. The minimum absolute atomic E-state index is 0.0256. The van der Waals surface area contributed by atoms with Crippen LogP contribution < -0.4 is 37.1 Å². The number of rotatable bonds is 28. The lowest BCUT2D eigenvalue weighted by atomic mass is 9.89. The first-order valence-electron chi connectivity index (χ1n) is 39.7. The predicted molar refractivity (Wildman–Crippen MR) is 441 cm³/mol. The van der Waals surface area contributed by atoms with Gasteiger partial charge >= 0.3 is 11.9 Å². The molecule has 24 nitrogen and oxygen atoms in total. The van der Waals surface area contributed by atoms with Crippen molar-refractivity contribution in [2.24, 2.45) is 35.3 Å². The predicted octanol–water partition coefficient (Wildman–Crippen LogP) is 10.0. The van der Waals surface area contributed by atoms with E-state index >= 15 is 38.4 Å². The molecular weight excluding hydrogens is 1480 g/mol. The third-order valence-corrected chi connectivity index (χ3v) is 22.0. The first-order valence-corrected chi connectivity index (χ1v) is 42.2. The summed E-state index contributed by atoms with van der Waals surface area (Å²) in [7, 11) is 3.63. The molecule has 0 saturated carbocycles. The lowest BCUT2D eigenvalue weighted by molar-refractivity contribution is -0.158. The molecule has 0 aromatic heterocycles. The van der Waals surface area contributed by atoms with Crippen molar-refractivity contribution < 1.29 is 82.2 Å². The maximum absolute atomic E-state index is 15.7. The third-order valence-electron chi connectivity index (χ3n) is 19.5. The Labute approximate surface area is 677 Å². The molecule has 0 radical (unpaired) electrons. The van der Waals surface area contributed by atoms with E-state index in [0.717, 1.165) is 38.3 Å². The Morgan fingerprint density at radius 2 is 1.21 bits per heavy atom. The van der Waals surface area contributed by atoms with Crippen LogP contribution in [-0.2, 0) is 81.4 Å². The van der Waals surface area contributed by atoms with E-state index in [9.17, 15) is 24.9 Å². The van der Waals surface area contributed by atoms with Gasteiger partial charge in [0.2, 0.25) is 17.7 Å². The molecule has 6 rings (SSSR count). The maximum atomic E-state index is 15.7. The second-order valence-corrected chi connectivity index (χ2v) is 37.4. The number of ether oxygens (including phenoxy) is 4. The maximum Gasteiger partial charge on any atom is 0.308 e. The molecule has 2 heterocycles. The number of benzene rings is 4. The van der Waals surface area contributed by atoms with E-state index in [1.54, 1.807) is 98.4 Å². The fourth-order valence-corrected chi connectivity index (χ4v) is 16.6. The summed E-state index contributed by atoms with van der Waals surface area (Å²) in [5.74, 6) is -11.3. The van der Waals surface area contributed by atoms with Crippen LogP contribution in [0.1, 0.15) is 197 Å². The van der Waals surface area contributed by atoms with Gasteiger partial charge in [0.05, 0.1) is 66.6 Å². The van der Waals surface area contributed by atoms with Crippen LogP contribution in [0.2, 0.25) is 0 Å². The highest BCUT2D eigenvalue weighted by molar-refractivity contribution is 8.76. The molecule has 2 fully saturated rings. The second-order valence-electron chi connectivity index (χ2n) is 34.8. The zero-order valence-corrected chi connectivity index (χ0v) is 71.0. The standard InChI is InChI=1S/C87H127N7O17S2/c1-52(2)40-65(88)83(107)94-39-21-24-69(94)73(98)46-62-50-112-113-51-63(82(106)91-67(43-57-29-33-59(34-30-57)58-22-19-18-20-23-58)71(96)45-61(79(103)89-17)48-76(101)110-86(11,12)13)47-74(99)78(54(4)108-84(5,6)7)93-75(100)38-37-70(95)66(42-56-27-25-53(3)26-28-56)90-80(104)60(41-55-31-35-64(36-32-55)109-85(8,9)10)44-72(97)68(92-81(62)105)49-77(102)111-87(14,15)16/h18-20,22-23,25-36,52,54,60-63,65-69,75,78-79,83,89,93,100,103,107H,21,24,37-51,88H2,1-17H3,(H,90,104)(H,91,106)(H,92,105)/t54?,60-,61+,62+,63+,65+,66+,67+,68+,69+,75-,78+,79-,83-/m1/s1. The number of nitrogens with two attached hydrogens (primary N) is 1. The Kier molecular flexibility index (Phi) is 36.5. The van der Waals surface area contributed by atoms with E-state index in [-0.39, 0.29) is 55.9 Å². The SMILES string of the molecule is CN[C@H](O)[C@H](CC(=O)OC(C)(C)C)CC(=O)[C@H](Cc1ccc(-c2ccccc2)cc1)NC(=O)[C@@H]1CSSC[C@H](CC(=O)[C@@H]2CCCN2[C@H](O)[C@@H](N)CC(C)C)C(=O)N[C@@H](CC(=O)OC(C)(C)C)C(=O)C[C@@H](Cc2ccc(OC(C)(C)C)cc2)C(=O)N[C@@H](Cc2ccc(C)cc2)C(=O)CC[C@@H](O)N[C@@H](C(C)OC(C)(C)C)C(=O)C1. The minimum atomic E-state index is -1.66. The van der Waals surface area contributed by atoms with E-state index in [2.05, 4.69) is 26.6 Å². The summed E-state index contributed by atoms with van der Waals surface area (Å²) in [6.07, 6.45) is -7.79. The highest BCUT2D eigenvalue weighted by atomic mass is 33.1. The van der Waals surface area contributed by atoms with Crippen LogP contribution in [0.15, 0.2) is 103 Å². The number of aryl methyl sites for hydroxylation is 1. The van der Waals surface area contributed by atoms with Gasteiger partial charge in [0, 0.05) is 68.0 Å². The molecule has 4 aromatic rings. The zero-order chi connectivity index (χ0) is 83.9. The van der Waals surface area contributed by atoms with Crippen LogP contribution >= 0.6 is 21.6 Å². The average molecular weight is 1610 g/mol. The summed E-state index contributed by atoms with van der Waals surface area (Å²) in [6.45, 7) is 28.8. The number of carbonyl (C=O) groups is 10. The summed E-state index contributed by atoms with van der Waals surface area (Å²) in [4.78, 5) is 152. The Morgan fingerprint density at radius 3 is 1.81 bits per heavy atom. The number of likely N-dealkylation sites (tertiary alicyclic amines) is 1. The van der Waals surface area contributed by atoms with Gasteiger partial charge in [-0.15, -0.1) is 0 Å². The zero-order valence-electron chi connectivity index (χ0n) is 69.4. The quantitative estimate of drug-likeness (QED) is 0.0145. The van der Waals surface area contributed by atoms with Crippen molar-refractivity contribution in [1.82, 2.24) is 31.5 Å². The molecule has 0 bridgehead atoms. The topological polar surface area (TPSA) is 358 Å². The fraction of sp³-hybridized carbons (Fsp3) is 0.609. The van der Waals surface area contributed by atoms with Gasteiger partial charge in [0.25, 0.3) is 0 Å². The van der Waals surface area contributed by atoms with E-state index in [0.29, 0.717) is 48.2 Å². The number of aliphatic hydroxyl groups excluding tert-OH is 3. The van der Waals surface area contributed by atoms with Crippen LogP contribution in [0.4, 0.5) is 0 Å². The molecular formula is C87H127N7O17S2. The van der Waals surface area contributed by atoms with E-state index in [1.807, 2.05) is 120 Å². The van der Waals surface area contributed by atoms with Gasteiger partial charge in [0.15, 0.2) is 28.9 Å². The molecule has 26 heteroatoms. The van der Waals surface area contributed by atoms with Crippen molar-refractivity contribution in [3.8, 4) is 16.9 Å². The second kappa shape index (κ2) is 43.6. The average Bonchev–Trinajstić information content (AvgIpc) is 1.74. The number of esters is 2. The Balaban J connectivity index is 1.51. The molecule has 4 aromatic carbocycles. The highest BCUT2D eigenvalue weighted by Crippen LogP contribution is 2.34. The molecule has 10 N–H and O–H groups in total. The van der Waals surface area contributed by atoms with Gasteiger partial charge < -0.3 is 56.0 Å². The number of aliphatic hydroxyl groups is 3. The number of nitrogens with zero attached hydrogens (tertiary/aromatic N) is 1. The van der Waals surface area contributed by atoms with Crippen molar-refractivity contribution >= 4 is 80.2 Å². The molecule has 624 valence electrons. The number of hydrogen-bond donors (Lipinski definition) is 9. The third kappa shape index (κ3) is 33.1. The van der Waals surface area contributed by atoms with Gasteiger partial charge in [-0.05, 0) is 195 Å². The van der Waals surface area contributed by atoms with Crippen LogP contribution in [-0.4, -0.2) is 187 Å². The van der Waals surface area contributed by atoms with Crippen LogP contribution in [0.25, 0.3) is 11.1 Å². The van der Waals surface area contributed by atoms with Gasteiger partial charge in [-0.2, -0.15) is 0 Å². The Hall–Kier alpha value is -7.24. The van der Waals surface area contributed by atoms with E-state index in [1.165, 1.54) is 7.05 Å². The van der Waals surface area contributed by atoms with Crippen molar-refractivity contribution in [1.29, 1.82) is 0 Å². The fourth-order valence-electron chi connectivity index (χ4n) is 14.0. The number of ketones is 5. The van der Waals surface area contributed by atoms with Gasteiger partial charge in [0.1, 0.15) is 41.2 Å². The van der Waals surface area contributed by atoms with Crippen molar-refractivity contribution in [2.45, 2.75) is 284 Å². The van der Waals surface area contributed by atoms with Crippen LogP contribution in [0.3, 0.4) is 0 Å². The molecule has 1 unspecified atom stereocenters. The summed E-state index contributed by atoms with van der Waals surface area (Å²) in [6, 6.07) is 24.2. The molecule has 2 saturated heterocycles. The number of hydrogen-bond acceptors (Lipinski definition) is 23. The summed E-state index contributed by atoms with van der Waals surface area (Å²) in [5.41, 5.74) is 7.82. The van der Waals surface area contributed by atoms with Gasteiger partial charge in [-0.1, -0.05) is 132 Å². The first kappa shape index (κ1) is 94.6. The molecule has 3 amide bonds. The molecule has 14 atom stereocenters. The van der Waals surface area contributed by atoms with Crippen molar-refractivity contribution in [2.75, 3.05) is 25.1 Å². The summed E-state index contributed by atoms with van der Waals surface area (Å²) < 4.78 is 24.0. The summed E-state index contributed by atoms with van der Waals surface area (Å²) in [5, 5.41) is 49.7. The van der Waals surface area contributed by atoms with Crippen molar-refractivity contribution in [3.05, 3.63) is 125 Å². The molecule has 0 spiro atoms. The summed E-state index contributed by atoms with van der Waals surface area (Å²) >= 11 is 0. The highest BCUT2D eigenvalue weighted by Gasteiger charge is 2.42. The molecule has 113 heavy (non-hydrogen) atoms. The van der Waals surface area contributed by atoms with E-state index < -0.39 is 198 Å². The number of Topliss-reactive ketones (excluding diaryl/α,β-unsaturated/α-hetero) is 5. The smallest absolute Gasteiger partial charge is 0.308 e. The minimum Gasteiger partial charge on any atom is -0.488 e. The Morgan fingerprint density at radius 1 is 0.637 bits per heavy atom. The normalized spacial score (nSPS) is 22.5. The van der Waals surface area contributed by atoms with Gasteiger partial charge in [-0.25, -0.2) is 0 Å². The first-order chi connectivity index (χ1) is 52.8. The number of amides is 3. The van der Waals surface area contributed by atoms with E-state index in [4.69, 9.17) is 24.7 Å². The lowest BCUT2D eigenvalue weighted by Crippen LogP contribution is -2.53. The van der Waals surface area contributed by atoms with Crippen molar-refractivity contribution in [3.63, 3.8) is 0 Å². The van der Waals surface area contributed by atoms with Crippen LogP contribution in [0.5, 0.6) is 5.75 Å². The van der Waals surface area contributed by atoms with Crippen LogP contribution in [0, 0.1) is 36.5 Å². The largest absolute Gasteiger partial charge is 0.488 e. The molecule has 2 aliphatic heterocycles. The van der Waals surface area contributed by atoms with Gasteiger partial charge in [-0.3, -0.25) is 63.5 Å².